The van der Waals surface area contributed by atoms with Crippen molar-refractivity contribution in [1.82, 2.24) is 10.2 Å². The molecule has 0 heterocycles. The summed E-state index contributed by atoms with van der Waals surface area (Å²) in [6.45, 7) is 6.26. The van der Waals surface area contributed by atoms with Crippen molar-refractivity contribution in [3.05, 3.63) is 28.2 Å². The highest BCUT2D eigenvalue weighted by Crippen LogP contribution is 2.24. The summed E-state index contributed by atoms with van der Waals surface area (Å²) in [6.07, 6.45) is 1.18. The molecule has 0 spiro atoms. The molecule has 1 rings (SSSR count). The summed E-state index contributed by atoms with van der Waals surface area (Å²) in [4.78, 5) is 2.30. The van der Waals surface area contributed by atoms with Gasteiger partial charge in [0.25, 0.3) is 0 Å². The molecule has 102 valence electrons. The molecule has 0 unspecified atom stereocenters. The number of nitrogens with one attached hydrogen (secondary N) is 1. The summed E-state index contributed by atoms with van der Waals surface area (Å²) in [5.74, 6) is 0.942. The molecular formula is C14H23BrN2O. The number of hydrogen-bond acceptors (Lipinski definition) is 3. The van der Waals surface area contributed by atoms with Crippen LogP contribution in [0.3, 0.4) is 0 Å². The molecule has 0 amide bonds. The van der Waals surface area contributed by atoms with E-state index in [-0.39, 0.29) is 0 Å². The highest BCUT2D eigenvalue weighted by atomic mass is 79.9. The molecule has 1 aromatic carbocycles. The Balaban J connectivity index is 2.45. The van der Waals surface area contributed by atoms with Gasteiger partial charge < -0.3 is 15.0 Å². The van der Waals surface area contributed by atoms with Gasteiger partial charge in [0, 0.05) is 29.7 Å². The predicted octanol–water partition coefficient (Wildman–Crippen LogP) is 2.89. The van der Waals surface area contributed by atoms with Crippen LogP contribution in [0.5, 0.6) is 5.75 Å². The van der Waals surface area contributed by atoms with Crippen molar-refractivity contribution in [2.45, 2.75) is 19.9 Å². The fourth-order valence-electron chi connectivity index (χ4n) is 1.79. The molecule has 0 saturated heterocycles. The molecule has 0 fully saturated rings. The molecule has 0 aliphatic carbocycles. The van der Waals surface area contributed by atoms with Crippen molar-refractivity contribution in [1.29, 1.82) is 0 Å². The summed E-state index contributed by atoms with van der Waals surface area (Å²) in [5, 5.41) is 3.41. The molecule has 0 saturated carbocycles. The first-order valence-corrected chi connectivity index (χ1v) is 7.18. The second-order valence-corrected chi connectivity index (χ2v) is 5.36. The Kier molecular flexibility index (Phi) is 7.32. The van der Waals surface area contributed by atoms with Gasteiger partial charge >= 0.3 is 0 Å². The maximum Gasteiger partial charge on any atom is 0.124 e. The van der Waals surface area contributed by atoms with E-state index in [2.05, 4.69) is 52.3 Å². The molecule has 0 aliphatic heterocycles. The van der Waals surface area contributed by atoms with E-state index < -0.39 is 0 Å². The van der Waals surface area contributed by atoms with Crippen LogP contribution in [-0.4, -0.2) is 38.7 Å². The largest absolute Gasteiger partial charge is 0.496 e. The van der Waals surface area contributed by atoms with E-state index in [0.717, 1.165) is 36.4 Å². The minimum atomic E-state index is 0.907. The summed E-state index contributed by atoms with van der Waals surface area (Å²) in [5.41, 5.74) is 1.22. The minimum Gasteiger partial charge on any atom is -0.496 e. The van der Waals surface area contributed by atoms with Gasteiger partial charge in [0.15, 0.2) is 0 Å². The third-order valence-corrected chi connectivity index (χ3v) is 3.28. The standard InChI is InChI=1S/C14H23BrN2O/c1-4-7-16-8-9-17(2)11-12-5-6-13(15)10-14(12)18-3/h5-6,10,16H,4,7-9,11H2,1-3H3. The number of ether oxygens (including phenoxy) is 1. The summed E-state index contributed by atoms with van der Waals surface area (Å²) in [6, 6.07) is 6.18. The first-order valence-electron chi connectivity index (χ1n) is 6.39. The van der Waals surface area contributed by atoms with E-state index in [0.29, 0.717) is 0 Å². The monoisotopic (exact) mass is 314 g/mol. The van der Waals surface area contributed by atoms with Gasteiger partial charge in [-0.25, -0.2) is 0 Å². The second kappa shape index (κ2) is 8.51. The van der Waals surface area contributed by atoms with E-state index in [4.69, 9.17) is 4.74 Å². The van der Waals surface area contributed by atoms with Gasteiger partial charge in [0.1, 0.15) is 5.75 Å². The van der Waals surface area contributed by atoms with Crippen molar-refractivity contribution >= 4 is 15.9 Å². The van der Waals surface area contributed by atoms with E-state index in [1.807, 2.05) is 6.07 Å². The Morgan fingerprint density at radius 2 is 2.11 bits per heavy atom. The van der Waals surface area contributed by atoms with Crippen LogP contribution in [0.15, 0.2) is 22.7 Å². The van der Waals surface area contributed by atoms with Gasteiger partial charge in [-0.1, -0.05) is 28.9 Å². The average Bonchev–Trinajstić information content (AvgIpc) is 2.37. The van der Waals surface area contributed by atoms with Crippen LogP contribution in [0.25, 0.3) is 0 Å². The van der Waals surface area contributed by atoms with Crippen LogP contribution < -0.4 is 10.1 Å². The molecule has 0 atom stereocenters. The lowest BCUT2D eigenvalue weighted by molar-refractivity contribution is 0.315. The van der Waals surface area contributed by atoms with Gasteiger partial charge in [0.2, 0.25) is 0 Å². The van der Waals surface area contributed by atoms with E-state index in [1.165, 1.54) is 12.0 Å². The molecule has 1 aromatic rings. The third kappa shape index (κ3) is 5.38. The van der Waals surface area contributed by atoms with Crippen molar-refractivity contribution in [3.63, 3.8) is 0 Å². The van der Waals surface area contributed by atoms with Crippen molar-refractivity contribution < 1.29 is 4.74 Å². The molecule has 0 aromatic heterocycles. The zero-order chi connectivity index (χ0) is 13.4. The molecular weight excluding hydrogens is 292 g/mol. The van der Waals surface area contributed by atoms with Gasteiger partial charge in [-0.3, -0.25) is 0 Å². The van der Waals surface area contributed by atoms with E-state index in [9.17, 15) is 0 Å². The quantitative estimate of drug-likeness (QED) is 0.747. The van der Waals surface area contributed by atoms with Crippen molar-refractivity contribution in [3.8, 4) is 5.75 Å². The molecule has 0 aliphatic rings. The van der Waals surface area contributed by atoms with Crippen LogP contribution in [0.1, 0.15) is 18.9 Å². The van der Waals surface area contributed by atoms with Crippen LogP contribution in [0.4, 0.5) is 0 Å². The van der Waals surface area contributed by atoms with E-state index in [1.54, 1.807) is 7.11 Å². The van der Waals surface area contributed by atoms with Gasteiger partial charge in [-0.05, 0) is 32.1 Å². The Morgan fingerprint density at radius 1 is 1.33 bits per heavy atom. The number of nitrogens with zero attached hydrogens (tertiary/aromatic N) is 1. The average molecular weight is 315 g/mol. The summed E-state index contributed by atoms with van der Waals surface area (Å²) in [7, 11) is 3.85. The van der Waals surface area contributed by atoms with Gasteiger partial charge in [-0.15, -0.1) is 0 Å². The molecule has 1 N–H and O–H groups in total. The smallest absolute Gasteiger partial charge is 0.124 e. The topological polar surface area (TPSA) is 24.5 Å². The number of halogens is 1. The number of rotatable bonds is 8. The number of hydrogen-bond donors (Lipinski definition) is 1. The van der Waals surface area contributed by atoms with Crippen LogP contribution >= 0.6 is 15.9 Å². The van der Waals surface area contributed by atoms with Crippen molar-refractivity contribution in [2.75, 3.05) is 33.8 Å². The fraction of sp³-hybridized carbons (Fsp3) is 0.571. The highest BCUT2D eigenvalue weighted by Gasteiger charge is 2.06. The number of methoxy groups -OCH3 is 1. The predicted molar refractivity (Wildman–Crippen MR) is 80.2 cm³/mol. The second-order valence-electron chi connectivity index (χ2n) is 4.44. The zero-order valence-corrected chi connectivity index (χ0v) is 13.1. The SMILES string of the molecule is CCCNCCN(C)Cc1ccc(Br)cc1OC. The van der Waals surface area contributed by atoms with Crippen LogP contribution in [0.2, 0.25) is 0 Å². The first kappa shape index (κ1) is 15.5. The minimum absolute atomic E-state index is 0.907. The third-order valence-electron chi connectivity index (χ3n) is 2.79. The Morgan fingerprint density at radius 3 is 2.78 bits per heavy atom. The lowest BCUT2D eigenvalue weighted by Gasteiger charge is -2.18. The Labute approximate surface area is 119 Å². The maximum absolute atomic E-state index is 5.40. The van der Waals surface area contributed by atoms with Crippen LogP contribution in [-0.2, 0) is 6.54 Å². The molecule has 3 nitrogen and oxygen atoms in total. The van der Waals surface area contributed by atoms with Crippen LogP contribution in [0, 0.1) is 0 Å². The molecule has 4 heteroatoms. The lowest BCUT2D eigenvalue weighted by atomic mass is 10.2. The molecule has 18 heavy (non-hydrogen) atoms. The van der Waals surface area contributed by atoms with E-state index >= 15 is 0 Å². The van der Waals surface area contributed by atoms with Gasteiger partial charge in [-0.2, -0.15) is 0 Å². The van der Waals surface area contributed by atoms with Crippen molar-refractivity contribution in [2.24, 2.45) is 0 Å². The summed E-state index contributed by atoms with van der Waals surface area (Å²) >= 11 is 3.46. The Bertz CT molecular complexity index is 358. The maximum atomic E-state index is 5.40. The van der Waals surface area contributed by atoms with Gasteiger partial charge in [0.05, 0.1) is 7.11 Å². The number of benzene rings is 1. The number of likely N-dealkylation sites (N-methyl/N-ethyl adjacent to an activating group) is 1. The summed E-state index contributed by atoms with van der Waals surface area (Å²) < 4.78 is 6.45. The first-order chi connectivity index (χ1) is 8.67. The zero-order valence-electron chi connectivity index (χ0n) is 11.5. The fourth-order valence-corrected chi connectivity index (χ4v) is 2.13. The normalized spacial score (nSPS) is 10.9. The molecule has 0 bridgehead atoms. The lowest BCUT2D eigenvalue weighted by Crippen LogP contribution is -2.29. The highest BCUT2D eigenvalue weighted by molar-refractivity contribution is 9.10. The molecule has 0 radical (unpaired) electrons. The Hall–Kier alpha value is -0.580.